The first-order valence-electron chi connectivity index (χ1n) is 18.4. The highest BCUT2D eigenvalue weighted by Gasteiger charge is 2.45. The van der Waals surface area contributed by atoms with Crippen LogP contribution in [0.15, 0.2) is 84.9 Å². The Morgan fingerprint density at radius 3 is 2.13 bits per heavy atom. The molecular weight excluding hydrogens is 732 g/mol. The van der Waals surface area contributed by atoms with E-state index in [1.165, 1.54) is 23.3 Å². The van der Waals surface area contributed by atoms with Crippen LogP contribution in [0.4, 0.5) is 8.78 Å². The van der Waals surface area contributed by atoms with E-state index < -0.39 is 32.0 Å². The molecule has 8 rings (SSSR count). The molecule has 0 aliphatic carbocycles. The van der Waals surface area contributed by atoms with Crippen molar-refractivity contribution in [2.24, 2.45) is 5.73 Å². The standard InChI is InChI=1S/C29H33BFNO4.C11H13BFNO4.ClH/c1-29(2)35-20-24(36-29)19-34-26-14-13-25(31)27-23(15-30(33)28(26)27)18-32(16-21-9-5-3-6-10-21)17-22-11-7-4-8-12-22;13-7-1-2-8-11-10(7)9(3-14)18-12(11)17-6(4-15)5-16-8;/h3-14,23-24,33H,15-20H2,1-2H3;1-2,6,9,15H,3-5,14H2;1H/t23-,24+;6-,9-;/m11./s1. The zero-order valence-electron chi connectivity index (χ0n) is 30.9. The van der Waals surface area contributed by atoms with Crippen LogP contribution in [0.1, 0.15) is 48.1 Å². The number of halogens is 3. The van der Waals surface area contributed by atoms with Crippen molar-refractivity contribution in [3.8, 4) is 11.5 Å². The summed E-state index contributed by atoms with van der Waals surface area (Å²) in [6.07, 6.45) is -0.772. The normalized spacial score (nSPS) is 21.9. The van der Waals surface area contributed by atoms with E-state index in [0.717, 1.165) is 13.1 Å². The van der Waals surface area contributed by atoms with Gasteiger partial charge in [-0.15, -0.1) is 12.4 Å². The lowest BCUT2D eigenvalue weighted by atomic mass is 9.62. The molecule has 10 nitrogen and oxygen atoms in total. The summed E-state index contributed by atoms with van der Waals surface area (Å²) in [7, 11) is -0.723. The lowest BCUT2D eigenvalue weighted by Gasteiger charge is -2.27. The topological polar surface area (TPSA) is 125 Å². The van der Waals surface area contributed by atoms with Crippen LogP contribution < -0.4 is 26.1 Å². The van der Waals surface area contributed by atoms with E-state index in [0.29, 0.717) is 53.0 Å². The summed E-state index contributed by atoms with van der Waals surface area (Å²) < 4.78 is 63.2. The van der Waals surface area contributed by atoms with Crippen molar-refractivity contribution in [3.05, 3.63) is 119 Å². The highest BCUT2D eigenvalue weighted by molar-refractivity contribution is 6.69. The smallest absolute Gasteiger partial charge is 0.491 e. The molecule has 4 heterocycles. The molecule has 4 aliphatic rings. The third-order valence-electron chi connectivity index (χ3n) is 10.1. The van der Waals surface area contributed by atoms with Crippen molar-refractivity contribution >= 4 is 37.4 Å². The second-order valence-corrected chi connectivity index (χ2v) is 14.5. The Morgan fingerprint density at radius 1 is 0.855 bits per heavy atom. The van der Waals surface area contributed by atoms with Gasteiger partial charge in [-0.1, -0.05) is 60.7 Å². The lowest BCUT2D eigenvalue weighted by Crippen LogP contribution is -2.36. The number of benzene rings is 4. The molecule has 55 heavy (non-hydrogen) atoms. The molecule has 4 aliphatic heterocycles. The van der Waals surface area contributed by atoms with Crippen molar-refractivity contribution in [1.82, 2.24) is 4.90 Å². The summed E-state index contributed by atoms with van der Waals surface area (Å²) in [4.78, 5) is 2.33. The first kappa shape index (κ1) is 41.1. The maximum absolute atomic E-state index is 15.2. The minimum atomic E-state index is -0.775. The fraction of sp³-hybridized carbons (Fsp3) is 0.400. The predicted molar refractivity (Wildman–Crippen MR) is 208 cm³/mol. The van der Waals surface area contributed by atoms with E-state index in [4.69, 9.17) is 39.1 Å². The van der Waals surface area contributed by atoms with Gasteiger partial charge in [0.25, 0.3) is 0 Å². The van der Waals surface area contributed by atoms with E-state index in [9.17, 15) is 9.41 Å². The van der Waals surface area contributed by atoms with Crippen molar-refractivity contribution in [1.29, 1.82) is 0 Å². The Hall–Kier alpha value is -3.56. The van der Waals surface area contributed by atoms with E-state index in [-0.39, 0.29) is 62.4 Å². The van der Waals surface area contributed by atoms with E-state index in [2.05, 4.69) is 29.2 Å². The highest BCUT2D eigenvalue weighted by Crippen LogP contribution is 2.35. The van der Waals surface area contributed by atoms with Gasteiger partial charge in [0.2, 0.25) is 0 Å². The Labute approximate surface area is 327 Å². The minimum Gasteiger partial charge on any atom is -0.491 e. The minimum absolute atomic E-state index is 0. The molecule has 0 unspecified atom stereocenters. The van der Waals surface area contributed by atoms with Crippen LogP contribution in [0.25, 0.3) is 0 Å². The molecule has 1 saturated heterocycles. The molecule has 15 heteroatoms. The molecule has 0 spiro atoms. The van der Waals surface area contributed by atoms with Crippen LogP contribution in [-0.4, -0.2) is 86.6 Å². The third kappa shape index (κ3) is 9.53. The van der Waals surface area contributed by atoms with Crippen LogP contribution in [0.3, 0.4) is 0 Å². The largest absolute Gasteiger partial charge is 0.499 e. The predicted octanol–water partition coefficient (Wildman–Crippen LogP) is 4.09. The Bertz CT molecular complexity index is 1840. The number of aliphatic hydroxyl groups excluding tert-OH is 1. The van der Waals surface area contributed by atoms with E-state index >= 15 is 4.39 Å². The van der Waals surface area contributed by atoms with Crippen molar-refractivity contribution in [3.63, 3.8) is 0 Å². The molecule has 0 saturated carbocycles. The Morgan fingerprint density at radius 2 is 1.51 bits per heavy atom. The maximum Gasteiger partial charge on any atom is 0.499 e. The van der Waals surface area contributed by atoms with Crippen LogP contribution in [0.5, 0.6) is 11.5 Å². The van der Waals surface area contributed by atoms with Crippen molar-refractivity contribution in [2.75, 3.05) is 39.5 Å². The monoisotopic (exact) mass is 778 g/mol. The molecular formula is C40H47B2ClF2N2O8. The van der Waals surface area contributed by atoms with E-state index in [1.54, 1.807) is 12.1 Å². The van der Waals surface area contributed by atoms with Gasteiger partial charge >= 0.3 is 14.0 Å². The summed E-state index contributed by atoms with van der Waals surface area (Å²) in [6, 6.07) is 26.6. The second-order valence-electron chi connectivity index (χ2n) is 14.5. The van der Waals surface area contributed by atoms with Gasteiger partial charge < -0.3 is 44.1 Å². The number of hydrogen-bond acceptors (Lipinski definition) is 10. The number of hydrogen-bond donors (Lipinski definition) is 3. The SMILES string of the molecule is CC1(C)OC[C@H](COc2ccc(F)c3c2B(O)C[C@@H]3CN(Cc2ccccc2)Cc2ccccc2)O1.Cl.NC[C@H]1OB2O[C@H](CO)COc3ccc(F)c1c32. The summed E-state index contributed by atoms with van der Waals surface area (Å²) in [5.74, 6) is -0.391. The zero-order chi connectivity index (χ0) is 37.8. The van der Waals surface area contributed by atoms with Crippen LogP contribution in [-0.2, 0) is 31.9 Å². The Kier molecular flexibility index (Phi) is 13.6. The van der Waals surface area contributed by atoms with Gasteiger partial charge in [0.1, 0.15) is 48.6 Å². The number of nitrogens with two attached hydrogens (primary N) is 1. The maximum atomic E-state index is 15.2. The molecule has 1 fully saturated rings. The summed E-state index contributed by atoms with van der Waals surface area (Å²) in [5, 5.41) is 20.1. The number of nitrogens with zero attached hydrogens (tertiary/aromatic N) is 1. The molecule has 0 amide bonds. The molecule has 0 radical (unpaired) electrons. The van der Waals surface area contributed by atoms with Gasteiger partial charge in [0, 0.05) is 37.2 Å². The fourth-order valence-electron chi connectivity index (χ4n) is 7.69. The number of aliphatic hydroxyl groups is 1. The van der Waals surface area contributed by atoms with Crippen molar-refractivity contribution in [2.45, 2.75) is 63.3 Å². The molecule has 4 aromatic carbocycles. The van der Waals surface area contributed by atoms with Gasteiger partial charge in [-0.05, 0) is 72.5 Å². The molecule has 4 N–H and O–H groups in total. The highest BCUT2D eigenvalue weighted by atomic mass is 35.5. The third-order valence-corrected chi connectivity index (χ3v) is 10.1. The first-order chi connectivity index (χ1) is 26.1. The molecule has 292 valence electrons. The van der Waals surface area contributed by atoms with E-state index in [1.807, 2.05) is 50.2 Å². The average Bonchev–Trinajstić information content (AvgIpc) is 3.79. The van der Waals surface area contributed by atoms with Gasteiger partial charge in [-0.25, -0.2) is 8.78 Å². The Balaban J connectivity index is 0.000000227. The molecule has 0 aromatic heterocycles. The van der Waals surface area contributed by atoms with Crippen LogP contribution in [0.2, 0.25) is 6.32 Å². The number of fused-ring (bicyclic) bond motifs is 1. The fourth-order valence-corrected chi connectivity index (χ4v) is 7.69. The summed E-state index contributed by atoms with van der Waals surface area (Å²) in [5.41, 5.74) is 10.1. The summed E-state index contributed by atoms with van der Waals surface area (Å²) >= 11 is 0. The molecule has 4 atom stereocenters. The van der Waals surface area contributed by atoms with Gasteiger partial charge in [0.15, 0.2) is 5.79 Å². The quantitative estimate of drug-likeness (QED) is 0.192. The van der Waals surface area contributed by atoms with Gasteiger partial charge in [-0.2, -0.15) is 0 Å². The van der Waals surface area contributed by atoms with Gasteiger partial charge in [0.05, 0.1) is 19.3 Å². The molecule has 4 aromatic rings. The van der Waals surface area contributed by atoms with Crippen LogP contribution in [0, 0.1) is 11.6 Å². The molecule has 0 bridgehead atoms. The summed E-state index contributed by atoms with van der Waals surface area (Å²) in [6.45, 7) is 5.99. The van der Waals surface area contributed by atoms with Crippen molar-refractivity contribution < 1.29 is 47.2 Å². The first-order valence-corrected chi connectivity index (χ1v) is 18.4. The van der Waals surface area contributed by atoms with Gasteiger partial charge in [-0.3, -0.25) is 4.90 Å². The van der Waals surface area contributed by atoms with Crippen LogP contribution >= 0.6 is 12.4 Å². The number of ether oxygens (including phenoxy) is 4. The zero-order valence-corrected chi connectivity index (χ0v) is 31.8. The lowest BCUT2D eigenvalue weighted by molar-refractivity contribution is -0.141. The second kappa shape index (κ2) is 18.1. The number of rotatable bonds is 11. The average molecular weight is 779 g/mol.